The molecule has 9 nitrogen and oxygen atoms in total. The number of aliphatic hydroxyl groups excluding tert-OH is 1. The molecule has 2 heterocycles. The zero-order chi connectivity index (χ0) is 30.1. The Morgan fingerprint density at radius 2 is 1.77 bits per heavy atom. The predicted molar refractivity (Wildman–Crippen MR) is 159 cm³/mol. The van der Waals surface area contributed by atoms with Crippen molar-refractivity contribution in [2.24, 2.45) is 0 Å². The van der Waals surface area contributed by atoms with Crippen LogP contribution in [0.1, 0.15) is 56.7 Å². The molecule has 0 saturated carbocycles. The van der Waals surface area contributed by atoms with Crippen LogP contribution < -0.4 is 10.6 Å². The molecule has 40 heavy (non-hydrogen) atoms. The summed E-state index contributed by atoms with van der Waals surface area (Å²) in [7, 11) is 1.00. The van der Waals surface area contributed by atoms with Crippen LogP contribution in [0.4, 0.5) is 4.79 Å². The van der Waals surface area contributed by atoms with Gasteiger partial charge in [-0.2, -0.15) is 0 Å². The van der Waals surface area contributed by atoms with Crippen molar-refractivity contribution in [3.05, 3.63) is 90.5 Å². The van der Waals surface area contributed by atoms with Crippen molar-refractivity contribution in [1.29, 1.82) is 0 Å². The first-order chi connectivity index (χ1) is 19.2. The number of aldehydes is 1. The minimum atomic E-state index is -0.327. The molecule has 2 amide bonds. The van der Waals surface area contributed by atoms with Gasteiger partial charge in [-0.05, 0) is 69.5 Å². The van der Waals surface area contributed by atoms with Gasteiger partial charge in [-0.1, -0.05) is 25.3 Å². The highest BCUT2D eigenvalue weighted by Gasteiger charge is 2.13. The molecule has 3 aromatic rings. The third-order valence-electron chi connectivity index (χ3n) is 5.53. The van der Waals surface area contributed by atoms with Crippen LogP contribution in [0, 0.1) is 13.8 Å². The van der Waals surface area contributed by atoms with Gasteiger partial charge in [-0.15, -0.1) is 0 Å². The predicted octanol–water partition coefficient (Wildman–Crippen LogP) is 5.84. The fourth-order valence-corrected chi connectivity index (χ4v) is 3.49. The smallest absolute Gasteiger partial charge is 0.318 e. The monoisotopic (exact) mass is 547 g/mol. The molecule has 0 spiro atoms. The average Bonchev–Trinajstić information content (AvgIpc) is 2.95. The van der Waals surface area contributed by atoms with Crippen LogP contribution in [0.15, 0.2) is 73.5 Å². The van der Waals surface area contributed by atoms with Gasteiger partial charge in [0, 0.05) is 61.9 Å². The number of allylic oxidation sites excluding steroid dienone is 2. The van der Waals surface area contributed by atoms with E-state index in [0.717, 1.165) is 35.8 Å². The number of hydrogen-bond donors (Lipinski definition) is 3. The molecule has 214 valence electrons. The Kier molecular flexibility index (Phi) is 15.2. The fourth-order valence-electron chi connectivity index (χ4n) is 3.49. The number of benzene rings is 1. The number of aromatic nitrogens is 3. The first kappa shape index (κ1) is 33.7. The molecule has 9 heteroatoms. The van der Waals surface area contributed by atoms with Gasteiger partial charge in [-0.25, -0.2) is 14.8 Å². The van der Waals surface area contributed by atoms with E-state index in [1.807, 2.05) is 44.4 Å². The second-order valence-electron chi connectivity index (χ2n) is 8.78. The Morgan fingerprint density at radius 1 is 1.10 bits per heavy atom. The lowest BCUT2D eigenvalue weighted by molar-refractivity contribution is -0.108. The molecule has 0 aliphatic carbocycles. The van der Waals surface area contributed by atoms with E-state index in [1.54, 1.807) is 13.1 Å². The van der Waals surface area contributed by atoms with Crippen molar-refractivity contribution in [1.82, 2.24) is 25.6 Å². The van der Waals surface area contributed by atoms with Crippen molar-refractivity contribution < 1.29 is 19.4 Å². The summed E-state index contributed by atoms with van der Waals surface area (Å²) in [5.74, 6) is 1.14. The number of carbonyl (C=O) groups excluding carboxylic acids is 2. The highest BCUT2D eigenvalue weighted by Crippen LogP contribution is 2.30. The van der Waals surface area contributed by atoms with E-state index in [0.29, 0.717) is 36.7 Å². The average molecular weight is 548 g/mol. The Morgan fingerprint density at radius 3 is 2.33 bits per heavy atom. The van der Waals surface area contributed by atoms with Crippen molar-refractivity contribution in [2.45, 2.75) is 53.6 Å². The number of nitrogens with one attached hydrogen (secondary N) is 2. The topological polar surface area (TPSA) is 126 Å². The van der Waals surface area contributed by atoms with E-state index in [9.17, 15) is 9.59 Å². The molecule has 0 aliphatic heterocycles. The van der Waals surface area contributed by atoms with Crippen LogP contribution in [0.5, 0.6) is 0 Å². The molecule has 0 radical (unpaired) electrons. The number of aryl methyl sites for hydroxylation is 1. The first-order valence-corrected chi connectivity index (χ1v) is 12.9. The molecular formula is C31H41N5O4. The number of rotatable bonds is 10. The van der Waals surface area contributed by atoms with Gasteiger partial charge in [0.2, 0.25) is 0 Å². The van der Waals surface area contributed by atoms with E-state index >= 15 is 0 Å². The molecule has 1 atom stereocenters. The largest absolute Gasteiger partial charge is 0.488 e. The van der Waals surface area contributed by atoms with Crippen LogP contribution in [0.3, 0.4) is 0 Å². The maximum absolute atomic E-state index is 10.6. The van der Waals surface area contributed by atoms with Crippen molar-refractivity contribution in [3.63, 3.8) is 0 Å². The highest BCUT2D eigenvalue weighted by atomic mass is 16.5. The Labute approximate surface area is 237 Å². The van der Waals surface area contributed by atoms with E-state index in [-0.39, 0.29) is 12.1 Å². The van der Waals surface area contributed by atoms with Crippen LogP contribution in [0.2, 0.25) is 0 Å². The number of urea groups is 1. The number of nitrogens with zero attached hydrogens (tertiary/aromatic N) is 3. The SMILES string of the molecule is C=C(C)NC(=O)NCC.C=C(CCC=O)OC(C)c1ncc(-c2cc(C)c(C)c(-c3ccccn3)c2)cn1.CO. The lowest BCUT2D eigenvalue weighted by Crippen LogP contribution is -2.33. The molecule has 3 rings (SSSR count). The Balaban J connectivity index is 0.000000621. The summed E-state index contributed by atoms with van der Waals surface area (Å²) in [6.07, 6.45) is 6.85. The Bertz CT molecular complexity index is 1240. The second kappa shape index (κ2) is 18.0. The number of pyridine rings is 1. The summed E-state index contributed by atoms with van der Waals surface area (Å²) in [5, 5.41) is 12.1. The van der Waals surface area contributed by atoms with Gasteiger partial charge < -0.3 is 25.3 Å². The van der Waals surface area contributed by atoms with Crippen molar-refractivity contribution >= 4 is 12.3 Å². The molecule has 2 aromatic heterocycles. The maximum Gasteiger partial charge on any atom is 0.318 e. The molecule has 1 unspecified atom stereocenters. The number of hydrogen-bond acceptors (Lipinski definition) is 7. The highest BCUT2D eigenvalue weighted by molar-refractivity contribution is 5.75. The van der Waals surface area contributed by atoms with Gasteiger partial charge in [0.15, 0.2) is 11.9 Å². The molecular weight excluding hydrogens is 506 g/mol. The van der Waals surface area contributed by atoms with Gasteiger partial charge >= 0.3 is 6.03 Å². The summed E-state index contributed by atoms with van der Waals surface area (Å²) in [6.45, 7) is 17.7. The lowest BCUT2D eigenvalue weighted by Gasteiger charge is -2.15. The zero-order valence-electron chi connectivity index (χ0n) is 24.3. The molecule has 0 saturated heterocycles. The molecule has 0 aliphatic rings. The third kappa shape index (κ3) is 11.2. The summed E-state index contributed by atoms with van der Waals surface area (Å²) in [5.41, 5.74) is 7.08. The lowest BCUT2D eigenvalue weighted by atomic mass is 9.95. The molecule has 0 bridgehead atoms. The van der Waals surface area contributed by atoms with Gasteiger partial charge in [0.05, 0.1) is 11.5 Å². The van der Waals surface area contributed by atoms with E-state index in [1.165, 1.54) is 11.1 Å². The van der Waals surface area contributed by atoms with Gasteiger partial charge in [-0.3, -0.25) is 4.98 Å². The number of ether oxygens (including phenoxy) is 1. The normalized spacial score (nSPS) is 10.5. The Hall–Kier alpha value is -4.37. The van der Waals surface area contributed by atoms with E-state index in [2.05, 4.69) is 64.7 Å². The molecule has 0 fully saturated rings. The second-order valence-corrected chi connectivity index (χ2v) is 8.78. The zero-order valence-corrected chi connectivity index (χ0v) is 24.3. The molecule has 1 aromatic carbocycles. The van der Waals surface area contributed by atoms with Crippen LogP contribution >= 0.6 is 0 Å². The fraction of sp³-hybridized carbons (Fsp3) is 0.323. The maximum atomic E-state index is 10.6. The number of aliphatic hydroxyl groups is 1. The van der Waals surface area contributed by atoms with Crippen LogP contribution in [0.25, 0.3) is 22.4 Å². The summed E-state index contributed by atoms with van der Waals surface area (Å²) in [4.78, 5) is 34.5. The van der Waals surface area contributed by atoms with Crippen LogP contribution in [-0.4, -0.2) is 46.0 Å². The van der Waals surface area contributed by atoms with Gasteiger partial charge in [0.25, 0.3) is 0 Å². The first-order valence-electron chi connectivity index (χ1n) is 12.9. The third-order valence-corrected chi connectivity index (χ3v) is 5.53. The minimum Gasteiger partial charge on any atom is -0.488 e. The summed E-state index contributed by atoms with van der Waals surface area (Å²) >= 11 is 0. The van der Waals surface area contributed by atoms with E-state index in [4.69, 9.17) is 9.84 Å². The standard InChI is InChI=1S/C24H25N3O2.C6H12N2O.CH4O/c1-16-12-20(13-22(18(16)3)23-9-5-6-10-25-23)21-14-26-24(27-15-21)19(4)29-17(2)8-7-11-28;1-4-7-6(9)8-5(2)3;1-2/h5-6,9-15,19H,2,7-8H2,1,3-4H3;2,4H2,1,3H3,(H2,7,8,9);2H,1H3. The molecule has 3 N–H and O–H groups in total. The van der Waals surface area contributed by atoms with Crippen LogP contribution in [-0.2, 0) is 9.53 Å². The summed E-state index contributed by atoms with van der Waals surface area (Å²) < 4.78 is 5.71. The van der Waals surface area contributed by atoms with E-state index < -0.39 is 0 Å². The number of carbonyl (C=O) groups is 2. The number of amides is 2. The van der Waals surface area contributed by atoms with Crippen molar-refractivity contribution in [3.8, 4) is 22.4 Å². The minimum absolute atomic E-state index is 0.190. The van der Waals surface area contributed by atoms with Gasteiger partial charge in [0.1, 0.15) is 6.29 Å². The quantitative estimate of drug-likeness (QED) is 0.215. The van der Waals surface area contributed by atoms with Crippen molar-refractivity contribution in [2.75, 3.05) is 13.7 Å². The summed E-state index contributed by atoms with van der Waals surface area (Å²) in [6, 6.07) is 10.0.